The number of pyridine rings is 1. The highest BCUT2D eigenvalue weighted by atomic mass is 16.2. The van der Waals surface area contributed by atoms with Gasteiger partial charge in [0, 0.05) is 50.9 Å². The van der Waals surface area contributed by atoms with Gasteiger partial charge in [-0.15, -0.1) is 0 Å². The molecule has 1 aromatic rings. The van der Waals surface area contributed by atoms with Crippen LogP contribution in [-0.2, 0) is 11.3 Å². The lowest BCUT2D eigenvalue weighted by atomic mass is 9.92. The molecule has 2 aliphatic heterocycles. The van der Waals surface area contributed by atoms with Crippen LogP contribution in [0.25, 0.3) is 0 Å². The van der Waals surface area contributed by atoms with E-state index >= 15 is 0 Å². The molecule has 0 saturated carbocycles. The third-order valence-electron chi connectivity index (χ3n) is 6.51. The van der Waals surface area contributed by atoms with Gasteiger partial charge in [-0.25, -0.2) is 0 Å². The fourth-order valence-electron chi connectivity index (χ4n) is 4.69. The number of likely N-dealkylation sites (tertiary alicyclic amines) is 2. The Hall–Kier alpha value is -1.46. The van der Waals surface area contributed by atoms with E-state index in [4.69, 9.17) is 0 Å². The Labute approximate surface area is 171 Å². The summed E-state index contributed by atoms with van der Waals surface area (Å²) in [5.41, 5.74) is 2.29. The molecule has 1 amide bonds. The summed E-state index contributed by atoms with van der Waals surface area (Å²) in [6.45, 7) is 10.6. The van der Waals surface area contributed by atoms with E-state index in [1.807, 2.05) is 11.9 Å². The van der Waals surface area contributed by atoms with Crippen molar-refractivity contribution in [2.75, 3.05) is 39.8 Å². The third-order valence-corrected chi connectivity index (χ3v) is 6.51. The average molecular weight is 387 g/mol. The Morgan fingerprint density at radius 1 is 1.14 bits per heavy atom. The second-order valence-electron chi connectivity index (χ2n) is 8.70. The van der Waals surface area contributed by atoms with Crippen molar-refractivity contribution >= 4 is 5.91 Å². The molecule has 2 saturated heterocycles. The van der Waals surface area contributed by atoms with Crippen LogP contribution in [0.3, 0.4) is 0 Å². The monoisotopic (exact) mass is 386 g/mol. The van der Waals surface area contributed by atoms with E-state index in [-0.39, 0.29) is 5.92 Å². The lowest BCUT2D eigenvalue weighted by Gasteiger charge is -2.42. The summed E-state index contributed by atoms with van der Waals surface area (Å²) in [6, 6.07) is 7.00. The highest BCUT2D eigenvalue weighted by Gasteiger charge is 2.31. The van der Waals surface area contributed by atoms with Crippen LogP contribution in [0.4, 0.5) is 0 Å². The average Bonchev–Trinajstić information content (AvgIpc) is 2.72. The van der Waals surface area contributed by atoms with Gasteiger partial charge in [-0.3, -0.25) is 14.7 Å². The first kappa shape index (κ1) is 21.3. The first-order valence-electron chi connectivity index (χ1n) is 11.2. The lowest BCUT2D eigenvalue weighted by Crippen LogP contribution is -2.49. The molecule has 2 fully saturated rings. The van der Waals surface area contributed by atoms with Gasteiger partial charge in [0.05, 0.1) is 5.69 Å². The standard InChI is InChI=1S/C23H38N4O/c1-4-5-13-25(3)23(28)20-9-16-27(17-10-20)22-11-14-26(15-12-22)18-21-8-6-7-19(2)24-21/h6-8,20,22H,4-5,9-18H2,1-3H3. The van der Waals surface area contributed by atoms with E-state index in [0.29, 0.717) is 11.9 Å². The predicted octanol–water partition coefficient (Wildman–Crippen LogP) is 3.32. The Morgan fingerprint density at radius 3 is 2.50 bits per heavy atom. The molecule has 0 atom stereocenters. The topological polar surface area (TPSA) is 39.7 Å². The van der Waals surface area contributed by atoms with Gasteiger partial charge in [0.2, 0.25) is 5.91 Å². The Kier molecular flexibility index (Phi) is 7.86. The van der Waals surface area contributed by atoms with Crippen molar-refractivity contribution in [1.29, 1.82) is 0 Å². The number of hydrogen-bond donors (Lipinski definition) is 0. The number of unbranched alkanes of at least 4 members (excludes halogenated alkanes) is 1. The summed E-state index contributed by atoms with van der Waals surface area (Å²) in [5.74, 6) is 0.610. The minimum absolute atomic E-state index is 0.241. The molecule has 0 unspecified atom stereocenters. The molecule has 0 bridgehead atoms. The van der Waals surface area contributed by atoms with Crippen molar-refractivity contribution < 1.29 is 4.79 Å². The van der Waals surface area contributed by atoms with E-state index in [2.05, 4.69) is 46.8 Å². The van der Waals surface area contributed by atoms with Gasteiger partial charge in [-0.05, 0) is 64.3 Å². The Morgan fingerprint density at radius 2 is 1.86 bits per heavy atom. The van der Waals surface area contributed by atoms with E-state index in [9.17, 15) is 4.79 Å². The largest absolute Gasteiger partial charge is 0.346 e. The van der Waals surface area contributed by atoms with E-state index in [0.717, 1.165) is 70.6 Å². The second kappa shape index (κ2) is 10.4. The van der Waals surface area contributed by atoms with Crippen LogP contribution in [0.5, 0.6) is 0 Å². The third kappa shape index (κ3) is 5.77. The SMILES string of the molecule is CCCCN(C)C(=O)C1CCN(C2CCN(Cc3cccc(C)n3)CC2)CC1. The highest BCUT2D eigenvalue weighted by Crippen LogP contribution is 2.25. The van der Waals surface area contributed by atoms with Crippen molar-refractivity contribution in [1.82, 2.24) is 19.7 Å². The van der Waals surface area contributed by atoms with Crippen LogP contribution in [0.15, 0.2) is 18.2 Å². The molecule has 3 heterocycles. The van der Waals surface area contributed by atoms with Crippen LogP contribution < -0.4 is 0 Å². The van der Waals surface area contributed by atoms with Gasteiger partial charge in [0.15, 0.2) is 0 Å². The number of carbonyl (C=O) groups excluding carboxylic acids is 1. The maximum Gasteiger partial charge on any atom is 0.225 e. The van der Waals surface area contributed by atoms with Gasteiger partial charge in [0.25, 0.3) is 0 Å². The molecule has 28 heavy (non-hydrogen) atoms. The zero-order valence-electron chi connectivity index (χ0n) is 18.1. The molecule has 1 aromatic heterocycles. The van der Waals surface area contributed by atoms with Gasteiger partial charge in [-0.1, -0.05) is 19.4 Å². The first-order valence-corrected chi connectivity index (χ1v) is 11.2. The fourth-order valence-corrected chi connectivity index (χ4v) is 4.69. The highest BCUT2D eigenvalue weighted by molar-refractivity contribution is 5.78. The van der Waals surface area contributed by atoms with Gasteiger partial charge in [-0.2, -0.15) is 0 Å². The lowest BCUT2D eigenvalue weighted by molar-refractivity contribution is -0.136. The summed E-state index contributed by atoms with van der Waals surface area (Å²) >= 11 is 0. The summed E-state index contributed by atoms with van der Waals surface area (Å²) in [7, 11) is 1.98. The molecule has 0 N–H and O–H groups in total. The second-order valence-corrected chi connectivity index (χ2v) is 8.70. The molecule has 0 radical (unpaired) electrons. The Bertz CT molecular complexity index is 619. The fraction of sp³-hybridized carbons (Fsp3) is 0.739. The minimum Gasteiger partial charge on any atom is -0.346 e. The van der Waals surface area contributed by atoms with Crippen LogP contribution in [0.2, 0.25) is 0 Å². The van der Waals surface area contributed by atoms with Crippen molar-refractivity contribution in [3.8, 4) is 0 Å². The zero-order valence-corrected chi connectivity index (χ0v) is 18.1. The van der Waals surface area contributed by atoms with Gasteiger partial charge in [0.1, 0.15) is 0 Å². The van der Waals surface area contributed by atoms with Crippen LogP contribution >= 0.6 is 0 Å². The van der Waals surface area contributed by atoms with Crippen molar-refractivity contribution in [2.45, 2.75) is 65.0 Å². The number of aryl methyl sites for hydroxylation is 1. The normalized spacial score (nSPS) is 20.4. The zero-order chi connectivity index (χ0) is 19.9. The number of aromatic nitrogens is 1. The molecule has 0 spiro atoms. The van der Waals surface area contributed by atoms with Crippen LogP contribution in [-0.4, -0.2) is 71.4 Å². The van der Waals surface area contributed by atoms with E-state index < -0.39 is 0 Å². The van der Waals surface area contributed by atoms with Crippen LogP contribution in [0.1, 0.15) is 56.8 Å². The Balaban J connectivity index is 1.39. The molecule has 156 valence electrons. The minimum atomic E-state index is 0.241. The van der Waals surface area contributed by atoms with E-state index in [1.165, 1.54) is 18.5 Å². The number of rotatable bonds is 7. The maximum atomic E-state index is 12.6. The molecule has 0 aromatic carbocycles. The number of piperidine rings is 2. The predicted molar refractivity (Wildman–Crippen MR) is 114 cm³/mol. The number of amides is 1. The molecule has 5 heteroatoms. The molecule has 2 aliphatic rings. The molecule has 0 aliphatic carbocycles. The van der Waals surface area contributed by atoms with Crippen molar-refractivity contribution in [3.05, 3.63) is 29.6 Å². The summed E-state index contributed by atoms with van der Waals surface area (Å²) < 4.78 is 0. The quantitative estimate of drug-likeness (QED) is 0.721. The summed E-state index contributed by atoms with van der Waals surface area (Å²) in [5, 5.41) is 0. The van der Waals surface area contributed by atoms with Crippen LogP contribution in [0, 0.1) is 12.8 Å². The summed E-state index contributed by atoms with van der Waals surface area (Å²) in [4.78, 5) is 24.4. The number of hydrogen-bond acceptors (Lipinski definition) is 4. The number of carbonyl (C=O) groups is 1. The summed E-state index contributed by atoms with van der Waals surface area (Å²) in [6.07, 6.45) is 6.79. The first-order chi connectivity index (χ1) is 13.6. The van der Waals surface area contributed by atoms with Gasteiger partial charge < -0.3 is 9.80 Å². The van der Waals surface area contributed by atoms with Crippen molar-refractivity contribution in [2.24, 2.45) is 5.92 Å². The van der Waals surface area contributed by atoms with Crippen molar-refractivity contribution in [3.63, 3.8) is 0 Å². The molecular formula is C23H38N4O. The number of nitrogens with zero attached hydrogens (tertiary/aromatic N) is 4. The smallest absolute Gasteiger partial charge is 0.225 e. The van der Waals surface area contributed by atoms with E-state index in [1.54, 1.807) is 0 Å². The molecule has 3 rings (SSSR count). The maximum absolute atomic E-state index is 12.6. The molecular weight excluding hydrogens is 348 g/mol. The van der Waals surface area contributed by atoms with Gasteiger partial charge >= 0.3 is 0 Å². The molecule has 5 nitrogen and oxygen atoms in total.